The summed E-state index contributed by atoms with van der Waals surface area (Å²) in [6.07, 6.45) is 0. The molecule has 0 unspecified atom stereocenters. The van der Waals surface area contributed by atoms with Crippen molar-refractivity contribution in [1.29, 1.82) is 0 Å². The van der Waals surface area contributed by atoms with Gasteiger partial charge in [-0.2, -0.15) is 15.6 Å². The summed E-state index contributed by atoms with van der Waals surface area (Å²) < 4.78 is 17.1. The first kappa shape index (κ1) is 23.8. The Morgan fingerprint density at radius 2 is 0.667 bits per heavy atom. The molecule has 0 aliphatic carbocycles. The Hall–Kier alpha value is 2.19. The van der Waals surface area contributed by atoms with E-state index in [1.165, 1.54) is 0 Å². The van der Waals surface area contributed by atoms with Crippen LogP contribution in [0, 0.1) is 0 Å². The summed E-state index contributed by atoms with van der Waals surface area (Å²) in [6.45, 7) is 0. The predicted molar refractivity (Wildman–Crippen MR) is 21.0 cm³/mol. The third kappa shape index (κ3) is 317. The second-order valence-electron chi connectivity index (χ2n) is 0.894. The molecule has 0 atom stereocenters. The van der Waals surface area contributed by atoms with Crippen molar-refractivity contribution in [2.24, 2.45) is 0 Å². The van der Waals surface area contributed by atoms with Gasteiger partial charge in [-0.1, -0.05) is 0 Å². The molecule has 0 heterocycles. The average molecular weight is 394 g/mol. The number of hydrogen-bond donors (Lipinski definition) is 0. The summed E-state index contributed by atoms with van der Waals surface area (Å²) >= 11 is 0. The van der Waals surface area contributed by atoms with Gasteiger partial charge in [0.25, 0.3) is 0 Å². The third-order valence-electron chi connectivity index (χ3n) is 0. The predicted octanol–water partition coefficient (Wildman–Crippen LogP) is -6.03. The van der Waals surface area contributed by atoms with E-state index in [-0.39, 0.29) is 58.6 Å². The largest absolute Gasteiger partial charge is 3.00 e. The van der Waals surface area contributed by atoms with E-state index in [1.54, 1.807) is 0 Å². The molecule has 0 amide bonds. The maximum absolute atomic E-state index is 8.55. The van der Waals surface area contributed by atoms with Gasteiger partial charge in [0.1, 0.15) is 0 Å². The monoisotopic (exact) mass is 394 g/mol. The third-order valence-corrected chi connectivity index (χ3v) is 0. The van der Waals surface area contributed by atoms with E-state index >= 15 is 0 Å². The van der Waals surface area contributed by atoms with Gasteiger partial charge in [-0.05, 0) is 0 Å². The molecule has 0 aromatic rings. The summed E-state index contributed by atoms with van der Waals surface area (Å²) in [4.78, 5) is 51.3. The molecule has 8 nitrogen and oxygen atoms in total. The van der Waals surface area contributed by atoms with Gasteiger partial charge in [-0.25, -0.2) is 0 Å². The minimum Gasteiger partial charge on any atom is -0.822 e. The van der Waals surface area contributed by atoms with Gasteiger partial charge in [0.15, 0.2) is 0 Å². The van der Waals surface area contributed by atoms with E-state index in [0.717, 1.165) is 0 Å². The smallest absolute Gasteiger partial charge is 0.822 e. The van der Waals surface area contributed by atoms with Crippen LogP contribution < -0.4 is 29.4 Å². The van der Waals surface area contributed by atoms with Crippen LogP contribution in [0.3, 0.4) is 0 Å². The quantitative estimate of drug-likeness (QED) is 0.365. The van der Waals surface area contributed by atoms with Crippen molar-refractivity contribution >= 4 is 41.5 Å². The van der Waals surface area contributed by atoms with E-state index in [4.69, 9.17) is 38.5 Å². The molecule has 0 saturated heterocycles. The molecule has 0 aliphatic heterocycles. The minimum atomic E-state index is -5.39. The van der Waals surface area contributed by atoms with Gasteiger partial charge >= 0.3 is 58.6 Å². The molecule has 64 valence electrons. The summed E-state index contributed by atoms with van der Waals surface area (Å²) in [7, 11) is -10.8. The molecule has 0 bridgehead atoms. The molecule has 0 aliphatic rings. The Bertz CT molecular complexity index is 129. The van der Waals surface area contributed by atoms with E-state index in [2.05, 4.69) is 0 Å². The van der Waals surface area contributed by atoms with Crippen molar-refractivity contribution in [3.05, 3.63) is 0 Å². The summed E-state index contributed by atoms with van der Waals surface area (Å²) in [5.41, 5.74) is 0. The minimum absolute atomic E-state index is 0. The van der Waals surface area contributed by atoms with Gasteiger partial charge < -0.3 is 38.5 Å². The van der Waals surface area contributed by atoms with Gasteiger partial charge in [0.05, 0.1) is 0 Å². The SMILES string of the molecule is O=P([O-])([O-])[O-].O=P([O-])([O-])[O-].[In+3].[Y+3]. The van der Waals surface area contributed by atoms with Crippen molar-refractivity contribution < 1.29 is 71.2 Å². The Balaban J connectivity index is -0.0000000457. The molecular formula is InO8P2Y. The van der Waals surface area contributed by atoms with Gasteiger partial charge in [-0.15, -0.1) is 0 Å². The van der Waals surface area contributed by atoms with Crippen molar-refractivity contribution in [2.45, 2.75) is 0 Å². The van der Waals surface area contributed by atoms with Crippen LogP contribution in [0.2, 0.25) is 0 Å². The maximum Gasteiger partial charge on any atom is 3.00 e. The van der Waals surface area contributed by atoms with Crippen LogP contribution in [0.5, 0.6) is 0 Å². The molecule has 0 N–H and O–H groups in total. The zero-order valence-corrected chi connectivity index (χ0v) is 13.2. The van der Waals surface area contributed by atoms with Crippen molar-refractivity contribution in [3.8, 4) is 0 Å². The number of rotatable bonds is 0. The van der Waals surface area contributed by atoms with Crippen molar-refractivity contribution in [2.75, 3.05) is 0 Å². The Kier molecular flexibility index (Phi) is 19.3. The van der Waals surface area contributed by atoms with E-state index in [9.17, 15) is 0 Å². The zero-order valence-electron chi connectivity index (χ0n) is 5.32. The van der Waals surface area contributed by atoms with Crippen LogP contribution in [0.25, 0.3) is 0 Å². The van der Waals surface area contributed by atoms with Crippen molar-refractivity contribution in [1.82, 2.24) is 0 Å². The molecule has 12 heavy (non-hydrogen) atoms. The van der Waals surface area contributed by atoms with E-state index in [1.807, 2.05) is 0 Å². The summed E-state index contributed by atoms with van der Waals surface area (Å²) in [6, 6.07) is 0. The Labute approximate surface area is 112 Å². The molecule has 0 radical (unpaired) electrons. The zero-order chi connectivity index (χ0) is 9.00. The molecule has 0 fully saturated rings. The van der Waals surface area contributed by atoms with Crippen LogP contribution in [0.15, 0.2) is 0 Å². The molecule has 0 aromatic carbocycles. The van der Waals surface area contributed by atoms with E-state index in [0.29, 0.717) is 0 Å². The fourth-order valence-electron chi connectivity index (χ4n) is 0. The number of phosphoric acid groups is 2. The Morgan fingerprint density at radius 3 is 0.667 bits per heavy atom. The standard InChI is InChI=1S/In.2H3O4P.Y/c;2*1-5(2,3)4;/h;2*(H3,1,2,3,4);/q+3;;;+3/p-6. The first-order valence-electron chi connectivity index (χ1n) is 1.46. The van der Waals surface area contributed by atoms with Crippen LogP contribution in [-0.2, 0) is 41.8 Å². The second kappa shape index (κ2) is 9.74. The summed E-state index contributed by atoms with van der Waals surface area (Å²) in [5.74, 6) is 0. The topological polar surface area (TPSA) is 172 Å². The summed E-state index contributed by atoms with van der Waals surface area (Å²) in [5, 5.41) is 0. The fraction of sp³-hybridized carbons (Fsp3) is 0. The molecular weight excluding hydrogens is 394 g/mol. The molecule has 0 spiro atoms. The van der Waals surface area contributed by atoms with Crippen LogP contribution in [-0.4, -0.2) is 25.8 Å². The maximum atomic E-state index is 8.55. The first-order valence-corrected chi connectivity index (χ1v) is 4.38. The van der Waals surface area contributed by atoms with Crippen molar-refractivity contribution in [3.63, 3.8) is 0 Å². The second-order valence-corrected chi connectivity index (χ2v) is 2.68. The normalized spacial score (nSPS) is 9.83. The van der Waals surface area contributed by atoms with Crippen LogP contribution in [0.1, 0.15) is 0 Å². The fourth-order valence-corrected chi connectivity index (χ4v) is 0. The van der Waals surface area contributed by atoms with Crippen LogP contribution in [0.4, 0.5) is 0 Å². The molecule has 0 saturated carbocycles. The van der Waals surface area contributed by atoms with Gasteiger partial charge in [0.2, 0.25) is 0 Å². The van der Waals surface area contributed by atoms with Crippen LogP contribution >= 0.6 is 15.6 Å². The average Bonchev–Trinajstić information content (AvgIpc) is 1.12. The molecule has 12 heteroatoms. The van der Waals surface area contributed by atoms with Gasteiger partial charge in [0, 0.05) is 0 Å². The van der Waals surface area contributed by atoms with Gasteiger partial charge in [-0.3, -0.25) is 0 Å². The van der Waals surface area contributed by atoms with E-state index < -0.39 is 15.6 Å². The molecule has 0 aromatic heterocycles. The first-order chi connectivity index (χ1) is 4.00. The molecule has 0 rings (SSSR count). The Morgan fingerprint density at radius 1 is 0.667 bits per heavy atom. The number of hydrogen-bond acceptors (Lipinski definition) is 8.